The van der Waals surface area contributed by atoms with Crippen LogP contribution in [-0.2, 0) is 30.4 Å². The summed E-state index contributed by atoms with van der Waals surface area (Å²) in [5.41, 5.74) is -0.867. The maximum absolute atomic E-state index is 13.9. The number of unbranched alkanes of at least 4 members (excludes halogenated alkanes) is 2. The Balaban J connectivity index is 1.85. The zero-order chi connectivity index (χ0) is 28.6. The van der Waals surface area contributed by atoms with Crippen molar-refractivity contribution in [3.63, 3.8) is 0 Å². The monoisotopic (exact) mass is 548 g/mol. The van der Waals surface area contributed by atoms with Gasteiger partial charge in [-0.15, -0.1) is 0 Å². The molecule has 214 valence electrons. The Hall–Kier alpha value is -3.37. The van der Waals surface area contributed by atoms with Gasteiger partial charge in [-0.1, -0.05) is 31.9 Å². The maximum Gasteiger partial charge on any atom is 0.246 e. The molecule has 1 aromatic rings. The Morgan fingerprint density at radius 1 is 1.08 bits per heavy atom. The number of carbonyl (C=O) groups excluding carboxylic acids is 5. The number of ketones is 1. The summed E-state index contributed by atoms with van der Waals surface area (Å²) in [5.74, 6) is -2.92. The average molecular weight is 549 g/mol. The largest absolute Gasteiger partial charge is 0.343 e. The molecule has 9 nitrogen and oxygen atoms in total. The van der Waals surface area contributed by atoms with Gasteiger partial charge in [-0.05, 0) is 56.7 Å². The molecule has 0 unspecified atom stereocenters. The van der Waals surface area contributed by atoms with E-state index in [0.717, 1.165) is 0 Å². The van der Waals surface area contributed by atoms with Crippen LogP contribution < -0.4 is 16.0 Å². The highest BCUT2D eigenvalue weighted by atomic mass is 19.1. The second kappa shape index (κ2) is 13.6. The van der Waals surface area contributed by atoms with E-state index in [4.69, 9.17) is 0 Å². The van der Waals surface area contributed by atoms with Crippen LogP contribution in [0.3, 0.4) is 0 Å². The Kier molecular flexibility index (Phi) is 10.5. The summed E-state index contributed by atoms with van der Waals surface area (Å²) in [5, 5.41) is 8.32. The normalized spacial score (nSPS) is 26.2. The highest BCUT2D eigenvalue weighted by Gasteiger charge is 2.43. The van der Waals surface area contributed by atoms with E-state index in [1.54, 1.807) is 19.9 Å². The number of benzene rings is 1. The number of fused-ring (bicyclic) bond motifs is 1. The van der Waals surface area contributed by atoms with Crippen LogP contribution in [0.1, 0.15) is 70.8 Å². The van der Waals surface area contributed by atoms with Crippen LogP contribution in [-0.4, -0.2) is 71.2 Å². The second-order valence-electron chi connectivity index (χ2n) is 10.6. The van der Waals surface area contributed by atoms with Gasteiger partial charge in [0.2, 0.25) is 23.6 Å². The number of alkyl halides is 1. The Labute approximate surface area is 227 Å². The predicted molar refractivity (Wildman–Crippen MR) is 140 cm³/mol. The molecule has 11 heteroatoms. The molecule has 0 radical (unpaired) electrons. The van der Waals surface area contributed by atoms with E-state index in [-0.39, 0.29) is 25.7 Å². The fraction of sp³-hybridized carbons (Fsp3) is 0.607. The molecule has 4 atom stereocenters. The first-order chi connectivity index (χ1) is 18.6. The van der Waals surface area contributed by atoms with E-state index in [1.165, 1.54) is 23.1 Å². The van der Waals surface area contributed by atoms with Gasteiger partial charge in [0.15, 0.2) is 5.78 Å². The van der Waals surface area contributed by atoms with Crippen molar-refractivity contribution in [1.82, 2.24) is 20.9 Å². The molecule has 0 spiro atoms. The van der Waals surface area contributed by atoms with E-state index in [9.17, 15) is 32.8 Å². The van der Waals surface area contributed by atoms with Crippen molar-refractivity contribution in [3.8, 4) is 0 Å². The molecule has 3 rings (SSSR count). The lowest BCUT2D eigenvalue weighted by molar-refractivity contribution is -0.144. The molecule has 0 bridgehead atoms. The van der Waals surface area contributed by atoms with Crippen molar-refractivity contribution >= 4 is 29.4 Å². The van der Waals surface area contributed by atoms with Crippen molar-refractivity contribution in [3.05, 3.63) is 35.6 Å². The van der Waals surface area contributed by atoms with Crippen molar-refractivity contribution < 1.29 is 32.8 Å². The molecule has 0 aromatic heterocycles. The van der Waals surface area contributed by atoms with Crippen molar-refractivity contribution in [2.45, 2.75) is 95.3 Å². The Morgan fingerprint density at radius 2 is 1.85 bits per heavy atom. The minimum absolute atomic E-state index is 0.0223. The third kappa shape index (κ3) is 7.83. The van der Waals surface area contributed by atoms with Gasteiger partial charge >= 0.3 is 0 Å². The number of amides is 4. The molecule has 2 heterocycles. The van der Waals surface area contributed by atoms with Crippen LogP contribution in [0.15, 0.2) is 24.3 Å². The van der Waals surface area contributed by atoms with Gasteiger partial charge in [0.25, 0.3) is 0 Å². The number of nitrogens with one attached hydrogen (secondary N) is 3. The molecule has 3 N–H and O–H groups in total. The molecule has 2 aliphatic heterocycles. The van der Waals surface area contributed by atoms with Crippen molar-refractivity contribution in [1.29, 1.82) is 0 Å². The van der Waals surface area contributed by atoms with E-state index in [0.29, 0.717) is 44.2 Å². The second-order valence-corrected chi connectivity index (χ2v) is 10.6. The quantitative estimate of drug-likeness (QED) is 0.387. The Bertz CT molecular complexity index is 1080. The first-order valence-electron chi connectivity index (χ1n) is 13.6. The highest BCUT2D eigenvalue weighted by molar-refractivity contribution is 5.99. The summed E-state index contributed by atoms with van der Waals surface area (Å²) >= 11 is 0. The van der Waals surface area contributed by atoms with Gasteiger partial charge in [0.1, 0.15) is 36.2 Å². The maximum atomic E-state index is 13.9. The smallest absolute Gasteiger partial charge is 0.246 e. The van der Waals surface area contributed by atoms with Gasteiger partial charge < -0.3 is 20.9 Å². The minimum Gasteiger partial charge on any atom is -0.343 e. The van der Waals surface area contributed by atoms with Crippen molar-refractivity contribution in [2.75, 3.05) is 13.2 Å². The predicted octanol–water partition coefficient (Wildman–Crippen LogP) is 2.12. The third-order valence-electron chi connectivity index (χ3n) is 7.61. The summed E-state index contributed by atoms with van der Waals surface area (Å²) in [6.07, 6.45) is 3.12. The SMILES string of the molecule is CC[C@]1(C)NC(=O)[C@H](CCCCCC(=O)CF)NC(=O)[C@H]2CCCN2C(=O)[C@H](Cc2cccc(F)c2)NC1=O. The molecular formula is C28H38F2N4O5. The summed E-state index contributed by atoms with van der Waals surface area (Å²) in [6, 6.07) is 2.95. The van der Waals surface area contributed by atoms with Crippen LogP contribution >= 0.6 is 0 Å². The third-order valence-corrected chi connectivity index (χ3v) is 7.61. The Morgan fingerprint density at radius 3 is 2.54 bits per heavy atom. The standard InChI is InChI=1S/C28H38F2N4O5/c1-3-28(2)27(39)32-22(16-18-9-7-10-19(30)15-18)26(38)34-14-8-13-23(34)25(37)31-21(24(36)33-28)12-6-4-5-11-20(35)17-29/h7,9-10,15,21-23H,3-6,8,11-14,16-17H2,1-2H3,(H,31,37)(H,32,39)(H,33,36)/t21-,22-,23+,28-/m0/s1. The first kappa shape index (κ1) is 30.2. The number of hydrogen-bond donors (Lipinski definition) is 3. The summed E-state index contributed by atoms with van der Waals surface area (Å²) in [6.45, 7) is 2.59. The molecule has 0 saturated carbocycles. The van der Waals surface area contributed by atoms with Gasteiger partial charge in [0.05, 0.1) is 0 Å². The number of hydrogen-bond acceptors (Lipinski definition) is 5. The molecule has 4 amide bonds. The van der Waals surface area contributed by atoms with Crippen molar-refractivity contribution in [2.24, 2.45) is 0 Å². The van der Waals surface area contributed by atoms with Gasteiger partial charge in [-0.3, -0.25) is 24.0 Å². The van der Waals surface area contributed by atoms with Gasteiger partial charge in [-0.2, -0.15) is 0 Å². The van der Waals surface area contributed by atoms with Gasteiger partial charge in [0, 0.05) is 19.4 Å². The minimum atomic E-state index is -1.38. The first-order valence-corrected chi connectivity index (χ1v) is 13.6. The van der Waals surface area contributed by atoms with Crippen LogP contribution in [0.5, 0.6) is 0 Å². The molecule has 0 aliphatic carbocycles. The van der Waals surface area contributed by atoms with Gasteiger partial charge in [-0.25, -0.2) is 8.78 Å². The van der Waals surface area contributed by atoms with E-state index in [1.807, 2.05) is 0 Å². The van der Waals surface area contributed by atoms with Crippen LogP contribution in [0.2, 0.25) is 0 Å². The zero-order valence-corrected chi connectivity index (χ0v) is 22.6. The van der Waals surface area contributed by atoms with Crippen LogP contribution in [0, 0.1) is 5.82 Å². The lowest BCUT2D eigenvalue weighted by Crippen LogP contribution is -2.65. The van der Waals surface area contributed by atoms with E-state index < -0.39 is 65.6 Å². The zero-order valence-electron chi connectivity index (χ0n) is 22.6. The average Bonchev–Trinajstić information content (AvgIpc) is 3.40. The summed E-state index contributed by atoms with van der Waals surface area (Å²) in [7, 11) is 0. The topological polar surface area (TPSA) is 125 Å². The fourth-order valence-electron chi connectivity index (χ4n) is 5.04. The lowest BCUT2D eigenvalue weighted by atomic mass is 9.94. The van der Waals surface area contributed by atoms with Crippen LogP contribution in [0.4, 0.5) is 8.78 Å². The molecule has 2 saturated heterocycles. The number of halogens is 2. The molecule has 39 heavy (non-hydrogen) atoms. The highest BCUT2D eigenvalue weighted by Crippen LogP contribution is 2.22. The lowest BCUT2D eigenvalue weighted by Gasteiger charge is -2.36. The molecule has 2 fully saturated rings. The van der Waals surface area contributed by atoms with E-state index >= 15 is 0 Å². The number of Topliss-reactive ketones (excluding diaryl/α,β-unsaturated/α-hetero) is 1. The van der Waals surface area contributed by atoms with Crippen LogP contribution in [0.25, 0.3) is 0 Å². The molecule has 1 aromatic carbocycles. The molecule has 2 aliphatic rings. The number of carbonyl (C=O) groups is 5. The molecular weight excluding hydrogens is 510 g/mol. The summed E-state index contributed by atoms with van der Waals surface area (Å²) < 4.78 is 26.2. The fourth-order valence-corrected chi connectivity index (χ4v) is 5.04. The number of nitrogens with zero attached hydrogens (tertiary/aromatic N) is 1. The summed E-state index contributed by atoms with van der Waals surface area (Å²) in [4.78, 5) is 66.5. The van der Waals surface area contributed by atoms with E-state index in [2.05, 4.69) is 16.0 Å². The number of rotatable bonds is 10.